The smallest absolute Gasteiger partial charge is 0.0146 e. The second-order valence-electron chi connectivity index (χ2n) is 4.30. The fourth-order valence-corrected chi connectivity index (χ4v) is 2.84. The lowest BCUT2D eigenvalue weighted by Gasteiger charge is -2.39. The van der Waals surface area contributed by atoms with Crippen LogP contribution in [0.3, 0.4) is 0 Å². The van der Waals surface area contributed by atoms with E-state index in [-0.39, 0.29) is 0 Å². The molecular formula is C12H15N. The third-order valence-electron chi connectivity index (χ3n) is 3.51. The van der Waals surface area contributed by atoms with Gasteiger partial charge in [0.2, 0.25) is 0 Å². The summed E-state index contributed by atoms with van der Waals surface area (Å²) in [5.41, 5.74) is 1.48. The van der Waals surface area contributed by atoms with Gasteiger partial charge in [0, 0.05) is 18.2 Å². The summed E-state index contributed by atoms with van der Waals surface area (Å²) in [6.07, 6.45) is 14.2. The van der Waals surface area contributed by atoms with Gasteiger partial charge in [0.05, 0.1) is 0 Å². The van der Waals surface area contributed by atoms with E-state index >= 15 is 0 Å². The van der Waals surface area contributed by atoms with Crippen LogP contribution in [0.2, 0.25) is 0 Å². The maximum absolute atomic E-state index is 3.49. The van der Waals surface area contributed by atoms with Crippen molar-refractivity contribution in [1.29, 1.82) is 0 Å². The maximum atomic E-state index is 3.49. The zero-order valence-corrected chi connectivity index (χ0v) is 7.74. The summed E-state index contributed by atoms with van der Waals surface area (Å²) < 4.78 is 0. The molecule has 68 valence electrons. The number of hydrogen-bond donors (Lipinski definition) is 1. The van der Waals surface area contributed by atoms with E-state index in [9.17, 15) is 0 Å². The summed E-state index contributed by atoms with van der Waals surface area (Å²) in [7, 11) is 0. The molecule has 1 heteroatoms. The number of fused-ring (bicyclic) bond motifs is 4. The van der Waals surface area contributed by atoms with Crippen molar-refractivity contribution < 1.29 is 0 Å². The van der Waals surface area contributed by atoms with Crippen LogP contribution in [0.4, 0.5) is 0 Å². The van der Waals surface area contributed by atoms with Crippen molar-refractivity contribution in [3.05, 3.63) is 36.1 Å². The van der Waals surface area contributed by atoms with E-state index in [1.807, 2.05) is 0 Å². The van der Waals surface area contributed by atoms with Crippen molar-refractivity contribution in [2.75, 3.05) is 6.54 Å². The van der Waals surface area contributed by atoms with E-state index in [0.717, 1.165) is 11.8 Å². The molecule has 0 aromatic rings. The van der Waals surface area contributed by atoms with Crippen LogP contribution in [0.25, 0.3) is 0 Å². The lowest BCUT2D eigenvalue weighted by atomic mass is 9.70. The van der Waals surface area contributed by atoms with Crippen molar-refractivity contribution in [3.8, 4) is 0 Å². The Labute approximate surface area is 79.2 Å². The molecule has 1 heterocycles. The first-order valence-corrected chi connectivity index (χ1v) is 5.23. The molecule has 0 saturated carbocycles. The SMILES string of the molecule is C1=CC2C=C3CC(CCN3)C2C=C1. The monoisotopic (exact) mass is 173 g/mol. The van der Waals surface area contributed by atoms with Crippen molar-refractivity contribution in [2.45, 2.75) is 12.8 Å². The highest BCUT2D eigenvalue weighted by Gasteiger charge is 2.32. The minimum atomic E-state index is 0.673. The van der Waals surface area contributed by atoms with E-state index in [1.165, 1.54) is 25.1 Å². The van der Waals surface area contributed by atoms with E-state index in [1.54, 1.807) is 0 Å². The quantitative estimate of drug-likeness (QED) is 0.592. The molecule has 3 atom stereocenters. The first kappa shape index (κ1) is 7.43. The van der Waals surface area contributed by atoms with Crippen LogP contribution in [-0.2, 0) is 0 Å². The van der Waals surface area contributed by atoms with Crippen LogP contribution in [0, 0.1) is 17.8 Å². The zero-order chi connectivity index (χ0) is 8.67. The third kappa shape index (κ3) is 1.14. The van der Waals surface area contributed by atoms with Gasteiger partial charge in [0.15, 0.2) is 0 Å². The van der Waals surface area contributed by atoms with Crippen LogP contribution in [0.5, 0.6) is 0 Å². The highest BCUT2D eigenvalue weighted by Crippen LogP contribution is 2.40. The summed E-state index contributed by atoms with van der Waals surface area (Å²) in [5, 5.41) is 3.49. The normalized spacial score (nSPS) is 40.6. The topological polar surface area (TPSA) is 12.0 Å². The van der Waals surface area contributed by atoms with Gasteiger partial charge in [-0.05, 0) is 24.7 Å². The van der Waals surface area contributed by atoms with E-state index in [4.69, 9.17) is 0 Å². The van der Waals surface area contributed by atoms with Gasteiger partial charge in [0.1, 0.15) is 0 Å². The van der Waals surface area contributed by atoms with Crippen molar-refractivity contribution in [2.24, 2.45) is 17.8 Å². The van der Waals surface area contributed by atoms with Crippen molar-refractivity contribution >= 4 is 0 Å². The molecule has 3 unspecified atom stereocenters. The summed E-state index contributed by atoms with van der Waals surface area (Å²) in [6, 6.07) is 0. The maximum Gasteiger partial charge on any atom is 0.0146 e. The molecule has 1 nitrogen and oxygen atoms in total. The molecule has 3 rings (SSSR count). The van der Waals surface area contributed by atoms with Crippen LogP contribution < -0.4 is 5.32 Å². The molecule has 1 fully saturated rings. The molecule has 1 saturated heterocycles. The van der Waals surface area contributed by atoms with Gasteiger partial charge >= 0.3 is 0 Å². The Morgan fingerprint density at radius 2 is 2.15 bits per heavy atom. The first-order chi connectivity index (χ1) is 6.43. The second-order valence-corrected chi connectivity index (χ2v) is 4.30. The molecule has 13 heavy (non-hydrogen) atoms. The lowest BCUT2D eigenvalue weighted by Crippen LogP contribution is -2.36. The van der Waals surface area contributed by atoms with Gasteiger partial charge in [-0.3, -0.25) is 0 Å². The van der Waals surface area contributed by atoms with Crippen molar-refractivity contribution in [3.63, 3.8) is 0 Å². The number of nitrogens with one attached hydrogen (secondary N) is 1. The fraction of sp³-hybridized carbons (Fsp3) is 0.500. The highest BCUT2D eigenvalue weighted by atomic mass is 14.9. The summed E-state index contributed by atoms with van der Waals surface area (Å²) in [4.78, 5) is 0. The predicted octanol–water partition coefficient (Wildman–Crippen LogP) is 2.24. The Hall–Kier alpha value is -0.980. The second kappa shape index (κ2) is 2.76. The molecule has 2 aliphatic carbocycles. The molecule has 0 spiro atoms. The number of hydrogen-bond acceptors (Lipinski definition) is 1. The molecule has 0 radical (unpaired) electrons. The van der Waals surface area contributed by atoms with E-state index < -0.39 is 0 Å². The molecule has 0 amide bonds. The molecule has 1 N–H and O–H groups in total. The molecule has 2 bridgehead atoms. The van der Waals surface area contributed by atoms with Crippen molar-refractivity contribution in [1.82, 2.24) is 5.32 Å². The molecule has 1 aliphatic heterocycles. The molecule has 0 aromatic carbocycles. The van der Waals surface area contributed by atoms with Crippen LogP contribution >= 0.6 is 0 Å². The number of rotatable bonds is 0. The van der Waals surface area contributed by atoms with E-state index in [2.05, 4.69) is 35.7 Å². The lowest BCUT2D eigenvalue weighted by molar-refractivity contribution is 0.273. The van der Waals surface area contributed by atoms with Gasteiger partial charge in [-0.2, -0.15) is 0 Å². The predicted molar refractivity (Wildman–Crippen MR) is 54.1 cm³/mol. The highest BCUT2D eigenvalue weighted by molar-refractivity contribution is 5.26. The minimum Gasteiger partial charge on any atom is -0.389 e. The zero-order valence-electron chi connectivity index (χ0n) is 7.74. The molecule has 0 aromatic heterocycles. The molecule has 3 aliphatic rings. The van der Waals surface area contributed by atoms with Gasteiger partial charge in [-0.25, -0.2) is 0 Å². The standard InChI is InChI=1S/C12H15N/c1-2-4-12-9(3-1)7-11-8-10(12)5-6-13-11/h1-4,7,9-10,12-13H,5-6,8H2. The summed E-state index contributed by atoms with van der Waals surface area (Å²) >= 11 is 0. The van der Waals surface area contributed by atoms with Gasteiger partial charge in [-0.1, -0.05) is 30.4 Å². The average Bonchev–Trinajstić information content (AvgIpc) is 2.18. The van der Waals surface area contributed by atoms with Gasteiger partial charge in [-0.15, -0.1) is 0 Å². The van der Waals surface area contributed by atoms with Gasteiger partial charge in [0.25, 0.3) is 0 Å². The Balaban J connectivity index is 1.98. The van der Waals surface area contributed by atoms with Crippen LogP contribution in [0.15, 0.2) is 36.1 Å². The Morgan fingerprint density at radius 1 is 1.23 bits per heavy atom. The van der Waals surface area contributed by atoms with Crippen LogP contribution in [-0.4, -0.2) is 6.54 Å². The largest absolute Gasteiger partial charge is 0.389 e. The fourth-order valence-electron chi connectivity index (χ4n) is 2.84. The number of piperidine rings is 1. The van der Waals surface area contributed by atoms with Gasteiger partial charge < -0.3 is 5.32 Å². The Morgan fingerprint density at radius 3 is 3.15 bits per heavy atom. The average molecular weight is 173 g/mol. The first-order valence-electron chi connectivity index (χ1n) is 5.23. The minimum absolute atomic E-state index is 0.673. The van der Waals surface area contributed by atoms with E-state index in [0.29, 0.717) is 5.92 Å². The van der Waals surface area contributed by atoms with Crippen LogP contribution in [0.1, 0.15) is 12.8 Å². The summed E-state index contributed by atoms with van der Waals surface area (Å²) in [5.74, 6) is 2.36. The Bertz CT molecular complexity index is 298. The Kier molecular flexibility index (Phi) is 1.58. The molecular weight excluding hydrogens is 158 g/mol. The summed E-state index contributed by atoms with van der Waals surface area (Å²) in [6.45, 7) is 1.18. The third-order valence-corrected chi connectivity index (χ3v) is 3.51. The number of allylic oxidation sites excluding steroid dienone is 6.